The van der Waals surface area contributed by atoms with Crippen molar-refractivity contribution in [1.82, 2.24) is 9.55 Å². The number of para-hydroxylation sites is 3. The number of rotatable bonds is 6. The van der Waals surface area contributed by atoms with Crippen LogP contribution < -0.4 is 10.1 Å². The van der Waals surface area contributed by atoms with E-state index in [9.17, 15) is 4.79 Å². The Morgan fingerprint density at radius 3 is 2.77 bits per heavy atom. The van der Waals surface area contributed by atoms with Crippen molar-refractivity contribution in [1.29, 1.82) is 0 Å². The first-order chi connectivity index (χ1) is 15.2. The van der Waals surface area contributed by atoms with E-state index in [4.69, 9.17) is 9.47 Å². The molecule has 0 bridgehead atoms. The van der Waals surface area contributed by atoms with Gasteiger partial charge in [-0.1, -0.05) is 48.2 Å². The molecule has 0 fully saturated rings. The molecule has 4 aromatic rings. The Morgan fingerprint density at radius 1 is 1.03 bits per heavy atom. The summed E-state index contributed by atoms with van der Waals surface area (Å²) < 4.78 is 13.9. The Hall–Kier alpha value is -3.29. The average Bonchev–Trinajstić information content (AvgIpc) is 3.12. The second-order valence-corrected chi connectivity index (χ2v) is 8.36. The van der Waals surface area contributed by atoms with Crippen molar-refractivity contribution in [2.24, 2.45) is 7.05 Å². The Kier molecular flexibility index (Phi) is 5.36. The minimum Gasteiger partial charge on any atom is -0.486 e. The fourth-order valence-corrected chi connectivity index (χ4v) is 4.45. The zero-order valence-corrected chi connectivity index (χ0v) is 17.8. The van der Waals surface area contributed by atoms with Crippen molar-refractivity contribution in [3.63, 3.8) is 0 Å². The number of fused-ring (bicyclic) bond motifs is 2. The van der Waals surface area contributed by atoms with Crippen molar-refractivity contribution < 1.29 is 14.3 Å². The number of nitrogens with zero attached hydrogens (tertiary/aromatic N) is 2. The molecule has 2 heterocycles. The predicted molar refractivity (Wildman–Crippen MR) is 121 cm³/mol. The second-order valence-electron chi connectivity index (χ2n) is 7.26. The molecule has 5 rings (SSSR count). The molecule has 31 heavy (non-hydrogen) atoms. The highest BCUT2D eigenvalue weighted by molar-refractivity contribution is 8.00. The number of aromatic nitrogens is 2. The van der Waals surface area contributed by atoms with Gasteiger partial charge in [0.05, 0.1) is 23.3 Å². The van der Waals surface area contributed by atoms with E-state index >= 15 is 0 Å². The van der Waals surface area contributed by atoms with Gasteiger partial charge in [0, 0.05) is 11.9 Å². The quantitative estimate of drug-likeness (QED) is 0.478. The average molecular weight is 432 g/mol. The van der Waals surface area contributed by atoms with Gasteiger partial charge in [-0.25, -0.2) is 4.98 Å². The molecule has 3 aromatic carbocycles. The molecule has 1 atom stereocenters. The SMILES string of the molecule is Cn1c(COc2cccc(COC3Sc4ccccc4NC3=O)c2)nc2ccccc21. The van der Waals surface area contributed by atoms with Crippen molar-refractivity contribution in [3.05, 3.63) is 84.2 Å². The van der Waals surface area contributed by atoms with Crippen LogP contribution in [0, 0.1) is 0 Å². The van der Waals surface area contributed by atoms with E-state index in [-0.39, 0.29) is 5.91 Å². The zero-order valence-electron chi connectivity index (χ0n) is 16.9. The fourth-order valence-electron chi connectivity index (χ4n) is 3.51. The summed E-state index contributed by atoms with van der Waals surface area (Å²) in [6.07, 6.45) is 0. The van der Waals surface area contributed by atoms with Gasteiger partial charge in [0.15, 0.2) is 5.44 Å². The number of amides is 1. The Bertz CT molecular complexity index is 1250. The lowest BCUT2D eigenvalue weighted by Crippen LogP contribution is -2.31. The van der Waals surface area contributed by atoms with Crippen molar-refractivity contribution >= 4 is 34.4 Å². The number of hydrogen-bond acceptors (Lipinski definition) is 5. The minimum absolute atomic E-state index is 0.141. The van der Waals surface area contributed by atoms with Crippen LogP contribution in [-0.2, 0) is 29.8 Å². The molecule has 7 heteroatoms. The Labute approximate surface area is 184 Å². The molecule has 1 aliphatic heterocycles. The highest BCUT2D eigenvalue weighted by Crippen LogP contribution is 2.36. The number of benzene rings is 3. The third-order valence-corrected chi connectivity index (χ3v) is 6.31. The van der Waals surface area contributed by atoms with Gasteiger partial charge in [0.2, 0.25) is 0 Å². The number of anilines is 1. The van der Waals surface area contributed by atoms with Gasteiger partial charge < -0.3 is 19.4 Å². The highest BCUT2D eigenvalue weighted by atomic mass is 32.2. The van der Waals surface area contributed by atoms with Crippen LogP contribution >= 0.6 is 11.8 Å². The molecule has 1 amide bonds. The van der Waals surface area contributed by atoms with Gasteiger partial charge in [-0.3, -0.25) is 4.79 Å². The fraction of sp³-hybridized carbons (Fsp3) is 0.167. The van der Waals surface area contributed by atoms with Gasteiger partial charge in [0.25, 0.3) is 5.91 Å². The molecule has 1 aromatic heterocycles. The summed E-state index contributed by atoms with van der Waals surface area (Å²) in [6.45, 7) is 0.684. The third-order valence-electron chi connectivity index (χ3n) is 5.14. The van der Waals surface area contributed by atoms with Crippen molar-refractivity contribution in [2.75, 3.05) is 5.32 Å². The van der Waals surface area contributed by atoms with E-state index in [1.54, 1.807) is 0 Å². The van der Waals surface area contributed by atoms with Gasteiger partial charge in [-0.05, 0) is 42.0 Å². The van der Waals surface area contributed by atoms with E-state index in [1.807, 2.05) is 84.4 Å². The molecule has 0 saturated heterocycles. The summed E-state index contributed by atoms with van der Waals surface area (Å²) in [5.41, 5.74) is 3.22. The summed E-state index contributed by atoms with van der Waals surface area (Å²) in [5.74, 6) is 1.45. The maximum atomic E-state index is 12.3. The van der Waals surface area contributed by atoms with Crippen LogP contribution in [-0.4, -0.2) is 20.9 Å². The van der Waals surface area contributed by atoms with Crippen LogP contribution in [0.1, 0.15) is 11.4 Å². The predicted octanol–water partition coefficient (Wildman–Crippen LogP) is 4.74. The first-order valence-corrected chi connectivity index (χ1v) is 10.9. The van der Waals surface area contributed by atoms with Gasteiger partial charge in [-0.2, -0.15) is 0 Å². The molecular formula is C24H21N3O3S. The summed E-state index contributed by atoms with van der Waals surface area (Å²) in [5, 5.41) is 2.89. The molecular weight excluding hydrogens is 410 g/mol. The highest BCUT2D eigenvalue weighted by Gasteiger charge is 2.27. The molecule has 0 saturated carbocycles. The largest absolute Gasteiger partial charge is 0.486 e. The number of hydrogen-bond donors (Lipinski definition) is 1. The molecule has 1 N–H and O–H groups in total. The number of aryl methyl sites for hydroxylation is 1. The maximum Gasteiger partial charge on any atom is 0.264 e. The summed E-state index contributed by atoms with van der Waals surface area (Å²) in [6, 6.07) is 23.5. The molecule has 156 valence electrons. The van der Waals surface area contributed by atoms with Crippen LogP contribution in [0.3, 0.4) is 0 Å². The normalized spacial score (nSPS) is 15.5. The van der Waals surface area contributed by atoms with Crippen LogP contribution in [0.2, 0.25) is 0 Å². The monoisotopic (exact) mass is 431 g/mol. The molecule has 0 radical (unpaired) electrons. The van der Waals surface area contributed by atoms with E-state index in [1.165, 1.54) is 11.8 Å². The third kappa shape index (κ3) is 4.15. The Morgan fingerprint density at radius 2 is 1.87 bits per heavy atom. The van der Waals surface area contributed by atoms with Gasteiger partial charge in [0.1, 0.15) is 18.2 Å². The van der Waals surface area contributed by atoms with Crippen LogP contribution in [0.15, 0.2) is 77.7 Å². The molecule has 1 aliphatic rings. The first-order valence-electron chi connectivity index (χ1n) is 9.97. The number of ether oxygens (including phenoxy) is 2. The summed E-state index contributed by atoms with van der Waals surface area (Å²) >= 11 is 1.42. The number of carbonyl (C=O) groups is 1. The summed E-state index contributed by atoms with van der Waals surface area (Å²) in [4.78, 5) is 18.0. The van der Waals surface area contributed by atoms with E-state index in [0.717, 1.165) is 38.8 Å². The topological polar surface area (TPSA) is 65.4 Å². The molecule has 0 aliphatic carbocycles. The Balaban J connectivity index is 1.22. The number of thioether (sulfide) groups is 1. The van der Waals surface area contributed by atoms with E-state index in [0.29, 0.717) is 13.2 Å². The molecule has 1 unspecified atom stereocenters. The molecule has 6 nitrogen and oxygen atoms in total. The van der Waals surface area contributed by atoms with Crippen LogP contribution in [0.25, 0.3) is 11.0 Å². The minimum atomic E-state index is -0.584. The first kappa shape index (κ1) is 19.7. The zero-order chi connectivity index (χ0) is 21.2. The van der Waals surface area contributed by atoms with E-state index < -0.39 is 5.44 Å². The lowest BCUT2D eigenvalue weighted by Gasteiger charge is -2.24. The molecule has 0 spiro atoms. The van der Waals surface area contributed by atoms with Gasteiger partial charge in [-0.15, -0.1) is 0 Å². The smallest absolute Gasteiger partial charge is 0.264 e. The standard InChI is InChI=1S/C24H21N3O3S/c1-27-20-11-4-2-9-18(20)25-22(27)15-29-17-8-6-7-16(13-17)14-30-24-23(28)26-19-10-3-5-12-21(19)31-24/h2-13,24H,14-15H2,1H3,(H,26,28). The summed E-state index contributed by atoms with van der Waals surface area (Å²) in [7, 11) is 1.99. The number of nitrogens with one attached hydrogen (secondary N) is 1. The van der Waals surface area contributed by atoms with Gasteiger partial charge >= 0.3 is 0 Å². The lowest BCUT2D eigenvalue weighted by atomic mass is 10.2. The number of imidazole rings is 1. The van der Waals surface area contributed by atoms with Crippen molar-refractivity contribution in [3.8, 4) is 5.75 Å². The maximum absolute atomic E-state index is 12.3. The second kappa shape index (κ2) is 8.45. The van der Waals surface area contributed by atoms with E-state index in [2.05, 4.69) is 10.3 Å². The van der Waals surface area contributed by atoms with Crippen LogP contribution in [0.5, 0.6) is 5.75 Å². The number of carbonyl (C=O) groups excluding carboxylic acids is 1. The van der Waals surface area contributed by atoms with Crippen molar-refractivity contribution in [2.45, 2.75) is 23.5 Å². The lowest BCUT2D eigenvalue weighted by molar-refractivity contribution is -0.123. The van der Waals surface area contributed by atoms with Crippen LogP contribution in [0.4, 0.5) is 5.69 Å².